The van der Waals surface area contributed by atoms with Gasteiger partial charge in [0.15, 0.2) is 0 Å². The molecule has 1 atom stereocenters. The lowest BCUT2D eigenvalue weighted by atomic mass is 9.68. The van der Waals surface area contributed by atoms with E-state index in [1.807, 2.05) is 6.07 Å². The topological polar surface area (TPSA) is 57.6 Å². The van der Waals surface area contributed by atoms with Gasteiger partial charge >= 0.3 is 5.97 Å². The summed E-state index contributed by atoms with van der Waals surface area (Å²) in [6, 6.07) is 6.12. The number of amides is 1. The second kappa shape index (κ2) is 8.28. The Morgan fingerprint density at radius 2 is 1.96 bits per heavy atom. The Morgan fingerprint density at radius 3 is 2.46 bits per heavy atom. The number of hydrogen-bond acceptors (Lipinski definition) is 2. The second-order valence-electron chi connectivity index (χ2n) is 9.53. The predicted octanol–water partition coefficient (Wildman–Crippen LogP) is 5.43. The molecule has 154 valence electrons. The lowest BCUT2D eigenvalue weighted by Crippen LogP contribution is -2.43. The van der Waals surface area contributed by atoms with Crippen molar-refractivity contribution in [3.63, 3.8) is 0 Å². The van der Waals surface area contributed by atoms with Gasteiger partial charge in [-0.05, 0) is 46.9 Å². The van der Waals surface area contributed by atoms with Crippen LogP contribution in [0.15, 0.2) is 30.0 Å². The Kier molecular flexibility index (Phi) is 6.65. The second-order valence-corrected chi connectivity index (χ2v) is 9.94. The molecule has 0 radical (unpaired) electrons. The number of carbonyl (C=O) groups excluding carboxylic acids is 1. The maximum atomic E-state index is 12.6. The first-order valence-electron chi connectivity index (χ1n) is 9.86. The Bertz CT molecular complexity index is 792. The van der Waals surface area contributed by atoms with E-state index < -0.39 is 11.4 Å². The first-order valence-corrected chi connectivity index (χ1v) is 10.2. The summed E-state index contributed by atoms with van der Waals surface area (Å²) in [5.74, 6) is -1.02. The van der Waals surface area contributed by atoms with E-state index in [0.717, 1.165) is 34.6 Å². The van der Waals surface area contributed by atoms with Gasteiger partial charge in [0.25, 0.3) is 0 Å². The molecule has 0 fully saturated rings. The number of carboxylic acid groups (broad SMARTS) is 1. The van der Waals surface area contributed by atoms with Crippen molar-refractivity contribution in [3.8, 4) is 0 Å². The number of aliphatic carboxylic acids is 1. The number of halogens is 1. The van der Waals surface area contributed by atoms with Crippen LogP contribution in [0, 0.1) is 11.3 Å². The summed E-state index contributed by atoms with van der Waals surface area (Å²) in [6.07, 6.45) is 3.93. The van der Waals surface area contributed by atoms with E-state index in [0.29, 0.717) is 0 Å². The Labute approximate surface area is 173 Å². The van der Waals surface area contributed by atoms with Crippen LogP contribution in [0.5, 0.6) is 0 Å². The van der Waals surface area contributed by atoms with E-state index in [1.165, 1.54) is 4.90 Å². The van der Waals surface area contributed by atoms with E-state index in [4.69, 9.17) is 16.7 Å². The highest BCUT2D eigenvalue weighted by Gasteiger charge is 2.40. The molecule has 5 heteroatoms. The highest BCUT2D eigenvalue weighted by atomic mass is 35.5. The van der Waals surface area contributed by atoms with Crippen LogP contribution >= 0.6 is 11.6 Å². The third-order valence-corrected chi connectivity index (χ3v) is 5.87. The SMILES string of the molecule is CC(C)C1=CN(CC(=O)O)C(=O)C[C@]1(C)c1ccc(CCC(C)(C)C)c(Cl)c1. The van der Waals surface area contributed by atoms with Crippen molar-refractivity contribution in [2.75, 3.05) is 6.54 Å². The van der Waals surface area contributed by atoms with Gasteiger partial charge in [-0.1, -0.05) is 65.3 Å². The van der Waals surface area contributed by atoms with Crippen LogP contribution in [0.2, 0.25) is 5.02 Å². The van der Waals surface area contributed by atoms with Crippen molar-refractivity contribution in [1.82, 2.24) is 4.90 Å². The van der Waals surface area contributed by atoms with Gasteiger partial charge in [-0.2, -0.15) is 0 Å². The summed E-state index contributed by atoms with van der Waals surface area (Å²) < 4.78 is 0. The van der Waals surface area contributed by atoms with Gasteiger partial charge in [-0.3, -0.25) is 9.59 Å². The average Bonchev–Trinajstić information content (AvgIpc) is 2.54. The summed E-state index contributed by atoms with van der Waals surface area (Å²) in [4.78, 5) is 25.0. The van der Waals surface area contributed by atoms with Gasteiger partial charge in [0, 0.05) is 23.1 Å². The quantitative estimate of drug-likeness (QED) is 0.686. The number of aryl methyl sites for hydroxylation is 1. The van der Waals surface area contributed by atoms with Crippen LogP contribution in [-0.2, 0) is 21.4 Å². The summed E-state index contributed by atoms with van der Waals surface area (Å²) in [6.45, 7) is 12.5. The Hall–Kier alpha value is -1.81. The summed E-state index contributed by atoms with van der Waals surface area (Å²) >= 11 is 6.61. The molecule has 1 aliphatic heterocycles. The molecule has 0 unspecified atom stereocenters. The molecule has 0 spiro atoms. The number of allylic oxidation sites excluding steroid dienone is 1. The van der Waals surface area contributed by atoms with E-state index in [-0.39, 0.29) is 30.2 Å². The fourth-order valence-corrected chi connectivity index (χ4v) is 4.10. The maximum absolute atomic E-state index is 12.6. The molecule has 0 bridgehead atoms. The summed E-state index contributed by atoms with van der Waals surface area (Å²) in [5, 5.41) is 9.82. The van der Waals surface area contributed by atoms with Crippen LogP contribution in [0.3, 0.4) is 0 Å². The van der Waals surface area contributed by atoms with Crippen LogP contribution < -0.4 is 0 Å². The third kappa shape index (κ3) is 5.16. The summed E-state index contributed by atoms with van der Waals surface area (Å²) in [5.41, 5.74) is 2.91. The molecule has 1 amide bonds. The van der Waals surface area contributed by atoms with Crippen LogP contribution in [-0.4, -0.2) is 28.4 Å². The first kappa shape index (κ1) is 22.5. The van der Waals surface area contributed by atoms with Gasteiger partial charge < -0.3 is 10.0 Å². The number of carboxylic acids is 1. The molecular weight excluding hydrogens is 374 g/mol. The number of nitrogens with zero attached hydrogens (tertiary/aromatic N) is 1. The van der Waals surface area contributed by atoms with Gasteiger partial charge in [-0.15, -0.1) is 0 Å². The molecule has 0 aromatic heterocycles. The predicted molar refractivity (Wildman–Crippen MR) is 113 cm³/mol. The monoisotopic (exact) mass is 405 g/mol. The van der Waals surface area contributed by atoms with E-state index in [2.05, 4.69) is 53.7 Å². The molecule has 28 heavy (non-hydrogen) atoms. The van der Waals surface area contributed by atoms with E-state index >= 15 is 0 Å². The molecule has 1 N–H and O–H groups in total. The van der Waals surface area contributed by atoms with Crippen LogP contribution in [0.1, 0.15) is 65.5 Å². The molecular formula is C23H32ClNO3. The third-order valence-electron chi connectivity index (χ3n) is 5.52. The minimum atomic E-state index is -1.01. The van der Waals surface area contributed by atoms with E-state index in [9.17, 15) is 9.59 Å². The molecule has 1 aromatic rings. The largest absolute Gasteiger partial charge is 0.480 e. The highest BCUT2D eigenvalue weighted by Crippen LogP contribution is 2.43. The molecule has 1 aliphatic rings. The van der Waals surface area contributed by atoms with Crippen molar-refractivity contribution < 1.29 is 14.7 Å². The maximum Gasteiger partial charge on any atom is 0.323 e. The molecule has 0 saturated carbocycles. The van der Waals surface area contributed by atoms with Gasteiger partial charge in [0.1, 0.15) is 6.54 Å². The molecule has 4 nitrogen and oxygen atoms in total. The van der Waals surface area contributed by atoms with Crippen molar-refractivity contribution in [3.05, 3.63) is 46.1 Å². The van der Waals surface area contributed by atoms with Crippen molar-refractivity contribution >= 4 is 23.5 Å². The number of hydrogen-bond donors (Lipinski definition) is 1. The summed E-state index contributed by atoms with van der Waals surface area (Å²) in [7, 11) is 0. The standard InChI is InChI=1S/C23H32ClNO3/c1-15(2)18-13-25(14-21(27)28)20(26)12-23(18,6)17-8-7-16(19(24)11-17)9-10-22(3,4)5/h7-8,11,13,15H,9-10,12,14H2,1-6H3,(H,27,28)/t23-/m1/s1. The fourth-order valence-electron chi connectivity index (χ4n) is 3.83. The smallest absolute Gasteiger partial charge is 0.323 e. The normalized spacial score (nSPS) is 20.5. The minimum Gasteiger partial charge on any atom is -0.480 e. The Morgan fingerprint density at radius 1 is 1.32 bits per heavy atom. The number of benzene rings is 1. The number of carbonyl (C=O) groups is 2. The lowest BCUT2D eigenvalue weighted by Gasteiger charge is -2.41. The number of rotatable bonds is 6. The van der Waals surface area contributed by atoms with Crippen molar-refractivity contribution in [2.45, 2.75) is 66.2 Å². The highest BCUT2D eigenvalue weighted by molar-refractivity contribution is 6.31. The van der Waals surface area contributed by atoms with Crippen molar-refractivity contribution in [1.29, 1.82) is 0 Å². The van der Waals surface area contributed by atoms with Gasteiger partial charge in [0.2, 0.25) is 5.91 Å². The Balaban J connectivity index is 2.40. The van der Waals surface area contributed by atoms with Crippen LogP contribution in [0.4, 0.5) is 0 Å². The fraction of sp³-hybridized carbons (Fsp3) is 0.565. The van der Waals surface area contributed by atoms with E-state index in [1.54, 1.807) is 6.20 Å². The molecule has 1 aromatic carbocycles. The minimum absolute atomic E-state index is 0.175. The van der Waals surface area contributed by atoms with Gasteiger partial charge in [0.05, 0.1) is 0 Å². The zero-order chi connectivity index (χ0) is 21.3. The van der Waals surface area contributed by atoms with Crippen LogP contribution in [0.25, 0.3) is 0 Å². The van der Waals surface area contributed by atoms with Gasteiger partial charge in [-0.25, -0.2) is 0 Å². The lowest BCUT2D eigenvalue weighted by molar-refractivity contribution is -0.143. The average molecular weight is 406 g/mol. The molecule has 0 aliphatic carbocycles. The zero-order valence-corrected chi connectivity index (χ0v) is 18.6. The molecule has 1 heterocycles. The zero-order valence-electron chi connectivity index (χ0n) is 17.8. The van der Waals surface area contributed by atoms with Crippen molar-refractivity contribution in [2.24, 2.45) is 11.3 Å². The molecule has 0 saturated heterocycles. The first-order chi connectivity index (χ1) is 12.8. The molecule has 2 rings (SSSR count).